The number of carbonyl (C=O) groups is 1. The van der Waals surface area contributed by atoms with Gasteiger partial charge in [0.15, 0.2) is 6.23 Å². The number of nitrogens with one attached hydrogen (secondary N) is 1. The molecule has 2 aliphatic rings. The second-order valence-corrected chi connectivity index (χ2v) is 9.87. The highest BCUT2D eigenvalue weighted by atomic mass is 35.6. The Hall–Kier alpha value is -1.12. The van der Waals surface area contributed by atoms with Gasteiger partial charge in [0, 0.05) is 12.1 Å². The normalized spacial score (nSPS) is 23.8. The Morgan fingerprint density at radius 1 is 1.24 bits per heavy atom. The molecule has 0 aliphatic carbocycles. The minimum absolute atomic E-state index is 0.114. The molecule has 0 bridgehead atoms. The number of carbonyl (C=O) groups excluding carboxylic acids is 1. The van der Waals surface area contributed by atoms with Crippen LogP contribution in [0.2, 0.25) is 0 Å². The zero-order valence-corrected chi connectivity index (χ0v) is 18.1. The van der Waals surface area contributed by atoms with Crippen LogP contribution in [0.4, 0.5) is 5.69 Å². The zero-order chi connectivity index (χ0) is 21.0. The van der Waals surface area contributed by atoms with Crippen molar-refractivity contribution in [2.24, 2.45) is 5.92 Å². The number of rotatable bonds is 6. The van der Waals surface area contributed by atoms with Gasteiger partial charge in [0.05, 0.1) is 11.5 Å². The topological polar surface area (TPSA) is 84.7 Å². The number of hydrogen-bond donors (Lipinski definition) is 1. The van der Waals surface area contributed by atoms with Crippen LogP contribution in [-0.2, 0) is 4.74 Å². The van der Waals surface area contributed by atoms with Gasteiger partial charge >= 0.3 is 0 Å². The highest BCUT2D eigenvalue weighted by Gasteiger charge is 2.39. The summed E-state index contributed by atoms with van der Waals surface area (Å²) in [6, 6.07) is 6.06. The number of benzene rings is 1. The summed E-state index contributed by atoms with van der Waals surface area (Å²) in [4.78, 5) is 25.7. The Bertz CT molecular complexity index is 742. The van der Waals surface area contributed by atoms with E-state index >= 15 is 0 Å². The number of nitro groups is 1. The lowest BCUT2D eigenvalue weighted by atomic mass is 9.84. The predicted molar refractivity (Wildman–Crippen MR) is 113 cm³/mol. The third-order valence-electron chi connectivity index (χ3n) is 5.61. The van der Waals surface area contributed by atoms with Gasteiger partial charge in [-0.05, 0) is 50.8 Å². The Kier molecular flexibility index (Phi) is 7.62. The van der Waals surface area contributed by atoms with Gasteiger partial charge in [0.25, 0.3) is 11.6 Å². The van der Waals surface area contributed by atoms with E-state index in [4.69, 9.17) is 39.5 Å². The van der Waals surface area contributed by atoms with Gasteiger partial charge < -0.3 is 15.0 Å². The standard InChI is InChI=1S/C19H24Cl3N3O4/c20-19(21,22)18(23-17(26)14-7-1-2-9-16(14)25(27)28)29-12-13-6-5-11-24-10-4-3-8-15(13)24/h1-2,7,9,13,15,18H,3-6,8,10-12H2,(H,23,26)/t13-,15+,18-/m0/s1. The first-order valence-corrected chi connectivity index (χ1v) is 10.9. The van der Waals surface area contributed by atoms with E-state index in [2.05, 4.69) is 10.2 Å². The Labute approximate surface area is 184 Å². The summed E-state index contributed by atoms with van der Waals surface area (Å²) in [5.41, 5.74) is -0.435. The molecule has 1 aromatic rings. The van der Waals surface area contributed by atoms with Crippen molar-refractivity contribution in [3.8, 4) is 0 Å². The average Bonchev–Trinajstić information content (AvgIpc) is 2.70. The molecule has 0 unspecified atom stereocenters. The van der Waals surface area contributed by atoms with Gasteiger partial charge in [0.2, 0.25) is 3.79 Å². The number of ether oxygens (including phenoxy) is 1. The molecule has 2 saturated heterocycles. The summed E-state index contributed by atoms with van der Waals surface area (Å²) in [6.07, 6.45) is 4.41. The summed E-state index contributed by atoms with van der Waals surface area (Å²) in [6.45, 7) is 2.55. The van der Waals surface area contributed by atoms with Crippen LogP contribution in [0.15, 0.2) is 24.3 Å². The van der Waals surface area contributed by atoms with E-state index in [1.165, 1.54) is 37.1 Å². The first kappa shape index (κ1) is 22.6. The third kappa shape index (κ3) is 5.73. The van der Waals surface area contributed by atoms with Crippen molar-refractivity contribution in [1.29, 1.82) is 0 Å². The monoisotopic (exact) mass is 463 g/mol. The number of alkyl halides is 3. The summed E-state index contributed by atoms with van der Waals surface area (Å²) < 4.78 is 3.95. The second kappa shape index (κ2) is 9.79. The molecule has 10 heteroatoms. The molecular weight excluding hydrogens is 441 g/mol. The van der Waals surface area contributed by atoms with Gasteiger partial charge in [0.1, 0.15) is 5.56 Å². The molecule has 2 heterocycles. The van der Waals surface area contributed by atoms with Crippen molar-refractivity contribution in [3.05, 3.63) is 39.9 Å². The summed E-state index contributed by atoms with van der Waals surface area (Å²) in [7, 11) is 0. The van der Waals surface area contributed by atoms with Crippen molar-refractivity contribution in [3.63, 3.8) is 0 Å². The average molecular weight is 465 g/mol. The molecule has 3 atom stereocenters. The fraction of sp³-hybridized carbons (Fsp3) is 0.632. The molecule has 0 radical (unpaired) electrons. The van der Waals surface area contributed by atoms with Crippen LogP contribution < -0.4 is 5.32 Å². The van der Waals surface area contributed by atoms with Gasteiger partial charge in [-0.3, -0.25) is 14.9 Å². The van der Waals surface area contributed by atoms with E-state index in [-0.39, 0.29) is 11.3 Å². The first-order valence-electron chi connectivity index (χ1n) is 9.74. The molecular formula is C19H24Cl3N3O4. The van der Waals surface area contributed by atoms with Crippen LogP contribution in [0.25, 0.3) is 0 Å². The summed E-state index contributed by atoms with van der Waals surface area (Å²) >= 11 is 18.1. The molecule has 0 aromatic heterocycles. The molecule has 1 aromatic carbocycles. The molecule has 160 valence electrons. The second-order valence-electron chi connectivity index (χ2n) is 7.50. The van der Waals surface area contributed by atoms with Crippen LogP contribution in [0, 0.1) is 16.0 Å². The SMILES string of the molecule is O=C(N[C@@H](OC[C@@H]1CCCN2CCCC[C@H]12)C(Cl)(Cl)Cl)c1ccccc1[N+](=O)[O-]. The van der Waals surface area contributed by atoms with E-state index in [1.54, 1.807) is 0 Å². The van der Waals surface area contributed by atoms with Gasteiger partial charge in [-0.1, -0.05) is 53.4 Å². The number of para-hydroxylation sites is 1. The van der Waals surface area contributed by atoms with E-state index in [0.29, 0.717) is 18.6 Å². The smallest absolute Gasteiger partial charge is 0.282 e. The van der Waals surface area contributed by atoms with Crippen LogP contribution in [0.1, 0.15) is 42.5 Å². The number of piperidine rings is 2. The maximum absolute atomic E-state index is 12.6. The zero-order valence-electron chi connectivity index (χ0n) is 15.9. The largest absolute Gasteiger partial charge is 0.354 e. The molecule has 0 saturated carbocycles. The van der Waals surface area contributed by atoms with Crippen molar-refractivity contribution in [2.75, 3.05) is 19.7 Å². The number of nitrogens with zero attached hydrogens (tertiary/aromatic N) is 2. The Morgan fingerprint density at radius 3 is 2.69 bits per heavy atom. The predicted octanol–water partition coefficient (Wildman–Crippen LogP) is 4.30. The lowest BCUT2D eigenvalue weighted by molar-refractivity contribution is -0.385. The van der Waals surface area contributed by atoms with Gasteiger partial charge in [-0.15, -0.1) is 0 Å². The molecule has 0 spiro atoms. The van der Waals surface area contributed by atoms with Crippen LogP contribution in [0.3, 0.4) is 0 Å². The van der Waals surface area contributed by atoms with Crippen molar-refractivity contribution in [2.45, 2.75) is 48.2 Å². The highest BCUT2D eigenvalue weighted by Crippen LogP contribution is 2.35. The van der Waals surface area contributed by atoms with Crippen molar-refractivity contribution in [1.82, 2.24) is 10.2 Å². The lowest BCUT2D eigenvalue weighted by Crippen LogP contribution is -2.51. The minimum atomic E-state index is -1.92. The van der Waals surface area contributed by atoms with E-state index in [1.807, 2.05) is 0 Å². The minimum Gasteiger partial charge on any atom is -0.354 e. The van der Waals surface area contributed by atoms with Gasteiger partial charge in [-0.2, -0.15) is 0 Å². The van der Waals surface area contributed by atoms with Crippen molar-refractivity contribution >= 4 is 46.4 Å². The molecule has 2 aliphatic heterocycles. The number of amides is 1. The molecule has 1 amide bonds. The van der Waals surface area contributed by atoms with Crippen molar-refractivity contribution < 1.29 is 14.5 Å². The number of nitro benzene ring substituents is 1. The lowest BCUT2D eigenvalue weighted by Gasteiger charge is -2.44. The maximum atomic E-state index is 12.6. The summed E-state index contributed by atoms with van der Waals surface area (Å²) in [5.74, 6) is -0.432. The number of hydrogen-bond acceptors (Lipinski definition) is 5. The highest BCUT2D eigenvalue weighted by molar-refractivity contribution is 6.68. The van der Waals surface area contributed by atoms with E-state index < -0.39 is 20.9 Å². The molecule has 3 rings (SSSR count). The third-order valence-corrected chi connectivity index (χ3v) is 6.21. The quantitative estimate of drug-likeness (QED) is 0.294. The number of halogens is 3. The number of fused-ring (bicyclic) bond motifs is 1. The Balaban J connectivity index is 1.67. The molecule has 7 nitrogen and oxygen atoms in total. The van der Waals surface area contributed by atoms with E-state index in [0.717, 1.165) is 32.4 Å². The summed E-state index contributed by atoms with van der Waals surface area (Å²) in [5, 5.41) is 13.7. The molecule has 2 fully saturated rings. The first-order chi connectivity index (χ1) is 13.8. The fourth-order valence-electron chi connectivity index (χ4n) is 4.23. The van der Waals surface area contributed by atoms with Crippen LogP contribution in [-0.4, -0.2) is 51.5 Å². The molecule has 29 heavy (non-hydrogen) atoms. The molecule has 1 N–H and O–H groups in total. The van der Waals surface area contributed by atoms with Crippen LogP contribution >= 0.6 is 34.8 Å². The van der Waals surface area contributed by atoms with Crippen LogP contribution in [0.5, 0.6) is 0 Å². The van der Waals surface area contributed by atoms with Gasteiger partial charge in [-0.25, -0.2) is 0 Å². The fourth-order valence-corrected chi connectivity index (χ4v) is 4.58. The Morgan fingerprint density at radius 2 is 1.97 bits per heavy atom. The van der Waals surface area contributed by atoms with E-state index in [9.17, 15) is 14.9 Å². The maximum Gasteiger partial charge on any atom is 0.282 e.